The minimum Gasteiger partial charge on any atom is -0.422 e. The number of carbonyl (C=O) groups excluding carboxylic acids is 1. The average molecular weight is 186 g/mol. The lowest BCUT2D eigenvalue weighted by Gasteiger charge is -1.99. The maximum absolute atomic E-state index is 11.2. The normalized spacial score (nSPS) is 18.2. The number of benzene rings is 1. The van der Waals surface area contributed by atoms with Crippen LogP contribution in [0.5, 0.6) is 0 Å². The predicted octanol–water partition coefficient (Wildman–Crippen LogP) is 2.53. The Morgan fingerprint density at radius 2 is 1.93 bits per heavy atom. The van der Waals surface area contributed by atoms with Crippen LogP contribution in [0.3, 0.4) is 0 Å². The number of carbonyl (C=O) groups is 1. The summed E-state index contributed by atoms with van der Waals surface area (Å²) in [7, 11) is 0. The van der Waals surface area contributed by atoms with Crippen LogP contribution in [0.15, 0.2) is 48.1 Å². The fraction of sp³-hybridized carbons (Fsp3) is 0.0833. The van der Waals surface area contributed by atoms with Gasteiger partial charge in [-0.2, -0.15) is 0 Å². The molecule has 0 saturated carbocycles. The number of hydrogen-bond acceptors (Lipinski definition) is 2. The van der Waals surface area contributed by atoms with Gasteiger partial charge in [-0.3, -0.25) is 0 Å². The van der Waals surface area contributed by atoms with Crippen LogP contribution in [0.4, 0.5) is 0 Å². The van der Waals surface area contributed by atoms with E-state index in [2.05, 4.69) is 0 Å². The van der Waals surface area contributed by atoms with Crippen LogP contribution in [-0.2, 0) is 9.53 Å². The van der Waals surface area contributed by atoms with Crippen LogP contribution >= 0.6 is 0 Å². The van der Waals surface area contributed by atoms with E-state index in [0.717, 1.165) is 5.56 Å². The summed E-state index contributed by atoms with van der Waals surface area (Å²) in [4.78, 5) is 11.2. The van der Waals surface area contributed by atoms with E-state index in [1.807, 2.05) is 37.3 Å². The maximum atomic E-state index is 11.2. The molecule has 1 aromatic rings. The quantitative estimate of drug-likeness (QED) is 0.497. The molecule has 2 nitrogen and oxygen atoms in total. The van der Waals surface area contributed by atoms with Crippen molar-refractivity contribution in [3.63, 3.8) is 0 Å². The summed E-state index contributed by atoms with van der Waals surface area (Å²) in [6, 6.07) is 9.59. The van der Waals surface area contributed by atoms with Gasteiger partial charge in [-0.1, -0.05) is 36.4 Å². The van der Waals surface area contributed by atoms with Gasteiger partial charge in [-0.25, -0.2) is 4.79 Å². The molecule has 0 aliphatic carbocycles. The van der Waals surface area contributed by atoms with Gasteiger partial charge in [0.05, 0.1) is 5.57 Å². The summed E-state index contributed by atoms with van der Waals surface area (Å²) in [6.45, 7) is 1.82. The Hall–Kier alpha value is -1.83. The molecule has 0 amide bonds. The first-order chi connectivity index (χ1) is 6.81. The largest absolute Gasteiger partial charge is 0.422 e. The van der Waals surface area contributed by atoms with Crippen LogP contribution < -0.4 is 0 Å². The second-order valence-corrected chi connectivity index (χ2v) is 3.01. The number of cyclic esters (lactones) is 1. The van der Waals surface area contributed by atoms with Crippen molar-refractivity contribution in [3.05, 3.63) is 53.6 Å². The molecule has 0 aromatic heterocycles. The number of esters is 1. The first-order valence-corrected chi connectivity index (χ1v) is 4.47. The van der Waals surface area contributed by atoms with Crippen LogP contribution in [-0.4, -0.2) is 5.97 Å². The lowest BCUT2D eigenvalue weighted by Crippen LogP contribution is -1.96. The van der Waals surface area contributed by atoms with E-state index in [-0.39, 0.29) is 5.97 Å². The molecule has 14 heavy (non-hydrogen) atoms. The van der Waals surface area contributed by atoms with Crippen molar-refractivity contribution in [2.24, 2.45) is 0 Å². The molecule has 0 radical (unpaired) electrons. The standard InChI is InChI=1S/C12H10O2/c1-2-9-8-11(14-12(9)13)10-6-4-3-5-7-10/h2-8H,1H3/b9-2-. The lowest BCUT2D eigenvalue weighted by atomic mass is 10.1. The third-order valence-corrected chi connectivity index (χ3v) is 2.09. The van der Waals surface area contributed by atoms with Crippen LogP contribution in [0, 0.1) is 0 Å². The first kappa shape index (κ1) is 8.75. The monoisotopic (exact) mass is 186 g/mol. The Labute approximate surface area is 82.5 Å². The molecule has 0 saturated heterocycles. The van der Waals surface area contributed by atoms with Crippen LogP contribution in [0.1, 0.15) is 12.5 Å². The smallest absolute Gasteiger partial charge is 0.343 e. The molecular formula is C12H10O2. The molecule has 2 heteroatoms. The van der Waals surface area contributed by atoms with Gasteiger partial charge in [0.25, 0.3) is 0 Å². The van der Waals surface area contributed by atoms with E-state index in [4.69, 9.17) is 4.74 Å². The predicted molar refractivity (Wildman–Crippen MR) is 54.3 cm³/mol. The van der Waals surface area contributed by atoms with Gasteiger partial charge in [0, 0.05) is 5.56 Å². The molecule has 1 aliphatic rings. The number of hydrogen-bond donors (Lipinski definition) is 0. The molecule has 0 unspecified atom stereocenters. The third kappa shape index (κ3) is 1.46. The van der Waals surface area contributed by atoms with E-state index < -0.39 is 0 Å². The van der Waals surface area contributed by atoms with E-state index in [0.29, 0.717) is 11.3 Å². The van der Waals surface area contributed by atoms with Crippen LogP contribution in [0.25, 0.3) is 5.76 Å². The highest BCUT2D eigenvalue weighted by Crippen LogP contribution is 2.25. The highest BCUT2D eigenvalue weighted by Gasteiger charge is 2.20. The zero-order chi connectivity index (χ0) is 9.97. The summed E-state index contributed by atoms with van der Waals surface area (Å²) in [5, 5.41) is 0. The van der Waals surface area contributed by atoms with Crippen molar-refractivity contribution in [3.8, 4) is 0 Å². The summed E-state index contributed by atoms with van der Waals surface area (Å²) < 4.78 is 5.10. The van der Waals surface area contributed by atoms with E-state index in [1.165, 1.54) is 0 Å². The van der Waals surface area contributed by atoms with Gasteiger partial charge < -0.3 is 4.74 Å². The van der Waals surface area contributed by atoms with E-state index in [9.17, 15) is 4.79 Å². The highest BCUT2D eigenvalue weighted by molar-refractivity contribution is 6.01. The van der Waals surface area contributed by atoms with Crippen molar-refractivity contribution in [1.29, 1.82) is 0 Å². The zero-order valence-corrected chi connectivity index (χ0v) is 7.86. The molecule has 2 rings (SSSR count). The van der Waals surface area contributed by atoms with Gasteiger partial charge in [0.15, 0.2) is 0 Å². The summed E-state index contributed by atoms with van der Waals surface area (Å²) in [6.07, 6.45) is 3.51. The Morgan fingerprint density at radius 3 is 2.50 bits per heavy atom. The zero-order valence-electron chi connectivity index (χ0n) is 7.86. The summed E-state index contributed by atoms with van der Waals surface area (Å²) >= 11 is 0. The number of allylic oxidation sites excluding steroid dienone is 1. The fourth-order valence-electron chi connectivity index (χ4n) is 1.33. The summed E-state index contributed by atoms with van der Waals surface area (Å²) in [5.41, 5.74) is 1.54. The van der Waals surface area contributed by atoms with Crippen molar-refractivity contribution >= 4 is 11.7 Å². The Morgan fingerprint density at radius 1 is 1.21 bits per heavy atom. The molecule has 1 aromatic carbocycles. The molecule has 70 valence electrons. The Bertz CT molecular complexity index is 413. The Balaban J connectivity index is 2.36. The topological polar surface area (TPSA) is 26.3 Å². The minimum absolute atomic E-state index is 0.272. The molecular weight excluding hydrogens is 176 g/mol. The van der Waals surface area contributed by atoms with Crippen molar-refractivity contribution in [2.45, 2.75) is 6.92 Å². The van der Waals surface area contributed by atoms with Gasteiger partial charge in [-0.15, -0.1) is 0 Å². The van der Waals surface area contributed by atoms with Crippen molar-refractivity contribution in [1.82, 2.24) is 0 Å². The molecule has 0 bridgehead atoms. The molecule has 0 fully saturated rings. The van der Waals surface area contributed by atoms with E-state index >= 15 is 0 Å². The SMILES string of the molecule is C/C=C1/C=C(c2ccccc2)OC1=O. The number of rotatable bonds is 1. The van der Waals surface area contributed by atoms with Crippen LogP contribution in [0.2, 0.25) is 0 Å². The lowest BCUT2D eigenvalue weighted by molar-refractivity contribution is -0.130. The van der Waals surface area contributed by atoms with Crippen molar-refractivity contribution < 1.29 is 9.53 Å². The second kappa shape index (κ2) is 3.50. The number of ether oxygens (including phenoxy) is 1. The van der Waals surface area contributed by atoms with Gasteiger partial charge in [0.1, 0.15) is 5.76 Å². The molecule has 0 N–H and O–H groups in total. The third-order valence-electron chi connectivity index (χ3n) is 2.09. The molecule has 1 heterocycles. The second-order valence-electron chi connectivity index (χ2n) is 3.01. The Kier molecular flexibility index (Phi) is 2.19. The van der Waals surface area contributed by atoms with Gasteiger partial charge >= 0.3 is 5.97 Å². The average Bonchev–Trinajstić information content (AvgIpc) is 2.61. The molecule has 1 aliphatic heterocycles. The van der Waals surface area contributed by atoms with Crippen molar-refractivity contribution in [2.75, 3.05) is 0 Å². The maximum Gasteiger partial charge on any atom is 0.343 e. The molecule has 0 spiro atoms. The first-order valence-electron chi connectivity index (χ1n) is 4.47. The molecule has 0 atom stereocenters. The van der Waals surface area contributed by atoms with Gasteiger partial charge in [-0.05, 0) is 13.0 Å². The van der Waals surface area contributed by atoms with Gasteiger partial charge in [0.2, 0.25) is 0 Å². The minimum atomic E-state index is -0.272. The van der Waals surface area contributed by atoms with E-state index in [1.54, 1.807) is 12.2 Å². The fourth-order valence-corrected chi connectivity index (χ4v) is 1.33. The highest BCUT2D eigenvalue weighted by atomic mass is 16.5. The summed E-state index contributed by atoms with van der Waals surface area (Å²) in [5.74, 6) is 0.357.